The van der Waals surface area contributed by atoms with Crippen LogP contribution in [0, 0.1) is 0 Å². The van der Waals surface area contributed by atoms with Crippen molar-refractivity contribution in [2.75, 3.05) is 13.7 Å². The number of benzene rings is 2. The Morgan fingerprint density at radius 1 is 1.09 bits per heavy atom. The molecule has 0 amide bonds. The predicted octanol–water partition coefficient (Wildman–Crippen LogP) is 3.14. The molecule has 5 heteroatoms. The van der Waals surface area contributed by atoms with Crippen LogP contribution >= 0.6 is 0 Å². The first kappa shape index (κ1) is 15.4. The number of ether oxygens (including phenoxy) is 2. The second-order valence-electron chi connectivity index (χ2n) is 5.42. The number of rotatable bonds is 6. The molecular weight excluding hydrogens is 290 g/mol. The molecule has 23 heavy (non-hydrogen) atoms. The van der Waals surface area contributed by atoms with Crippen LogP contribution in [0.1, 0.15) is 18.8 Å². The van der Waals surface area contributed by atoms with Gasteiger partial charge in [-0.05, 0) is 43.3 Å². The van der Waals surface area contributed by atoms with Crippen molar-refractivity contribution in [3.8, 4) is 11.5 Å². The number of methoxy groups -OCH3 is 1. The van der Waals surface area contributed by atoms with E-state index in [0.717, 1.165) is 28.4 Å². The van der Waals surface area contributed by atoms with Crippen molar-refractivity contribution in [3.63, 3.8) is 0 Å². The molecule has 0 saturated carbocycles. The van der Waals surface area contributed by atoms with E-state index >= 15 is 0 Å². The molecule has 0 aliphatic rings. The number of hydrogen-bond donors (Lipinski definition) is 1. The molecule has 0 fully saturated rings. The molecule has 0 bridgehead atoms. The highest BCUT2D eigenvalue weighted by molar-refractivity contribution is 5.76. The van der Waals surface area contributed by atoms with E-state index < -0.39 is 0 Å². The van der Waals surface area contributed by atoms with Crippen molar-refractivity contribution < 1.29 is 9.47 Å². The lowest BCUT2D eigenvalue weighted by Crippen LogP contribution is -2.16. The van der Waals surface area contributed by atoms with E-state index in [4.69, 9.17) is 15.2 Å². The van der Waals surface area contributed by atoms with Gasteiger partial charge in [0.2, 0.25) is 0 Å². The molecule has 120 valence electrons. The molecule has 1 heterocycles. The molecule has 0 spiro atoms. The minimum absolute atomic E-state index is 0.122. The van der Waals surface area contributed by atoms with Crippen LogP contribution in [0.5, 0.6) is 11.5 Å². The maximum absolute atomic E-state index is 6.06. The normalized spacial score (nSPS) is 12.3. The minimum Gasteiger partial charge on any atom is -0.497 e. The van der Waals surface area contributed by atoms with E-state index in [1.54, 1.807) is 7.11 Å². The molecule has 1 unspecified atom stereocenters. The number of aromatic nitrogens is 2. The minimum atomic E-state index is -0.122. The van der Waals surface area contributed by atoms with Crippen LogP contribution in [-0.2, 0) is 6.54 Å². The Morgan fingerprint density at radius 2 is 1.78 bits per heavy atom. The number of nitrogens with two attached hydrogens (primary N) is 1. The summed E-state index contributed by atoms with van der Waals surface area (Å²) in [5.41, 5.74) is 8.10. The average molecular weight is 311 g/mol. The Balaban J connectivity index is 1.74. The van der Waals surface area contributed by atoms with Gasteiger partial charge in [-0.15, -0.1) is 0 Å². The summed E-state index contributed by atoms with van der Waals surface area (Å²) in [6.07, 6.45) is 0. The van der Waals surface area contributed by atoms with E-state index in [-0.39, 0.29) is 6.04 Å². The zero-order chi connectivity index (χ0) is 16.2. The monoisotopic (exact) mass is 311 g/mol. The fraction of sp³-hybridized carbons (Fsp3) is 0.278. The molecule has 0 aliphatic heterocycles. The molecule has 0 saturated heterocycles. The molecule has 1 atom stereocenters. The van der Waals surface area contributed by atoms with Gasteiger partial charge in [0, 0.05) is 0 Å². The van der Waals surface area contributed by atoms with Gasteiger partial charge >= 0.3 is 0 Å². The van der Waals surface area contributed by atoms with Gasteiger partial charge in [0.1, 0.15) is 23.9 Å². The van der Waals surface area contributed by atoms with E-state index in [2.05, 4.69) is 15.6 Å². The van der Waals surface area contributed by atoms with E-state index in [1.807, 2.05) is 49.4 Å². The topological polar surface area (TPSA) is 62.3 Å². The molecule has 1 aromatic heterocycles. The molecule has 2 aromatic carbocycles. The van der Waals surface area contributed by atoms with Crippen LogP contribution in [0.4, 0.5) is 0 Å². The fourth-order valence-corrected chi connectivity index (χ4v) is 2.60. The SMILES string of the molecule is COc1ccc(OCCn2c(C(C)N)nc3ccccc32)cc1. The Hall–Kier alpha value is -2.53. The number of imidazole rings is 1. The first-order chi connectivity index (χ1) is 11.2. The Bertz CT molecular complexity index is 779. The first-order valence-electron chi connectivity index (χ1n) is 7.66. The van der Waals surface area contributed by atoms with Gasteiger partial charge in [0.15, 0.2) is 0 Å². The van der Waals surface area contributed by atoms with Crippen molar-refractivity contribution in [2.24, 2.45) is 5.73 Å². The third kappa shape index (κ3) is 3.29. The summed E-state index contributed by atoms with van der Waals surface area (Å²) in [7, 11) is 1.65. The van der Waals surface area contributed by atoms with Crippen LogP contribution in [-0.4, -0.2) is 23.3 Å². The summed E-state index contributed by atoms with van der Waals surface area (Å²) in [6.45, 7) is 3.19. The number of hydrogen-bond acceptors (Lipinski definition) is 4. The summed E-state index contributed by atoms with van der Waals surface area (Å²) in [4.78, 5) is 4.63. The quantitative estimate of drug-likeness (QED) is 0.759. The van der Waals surface area contributed by atoms with Gasteiger partial charge in [-0.2, -0.15) is 0 Å². The molecule has 0 radical (unpaired) electrons. The Morgan fingerprint density at radius 3 is 2.48 bits per heavy atom. The van der Waals surface area contributed by atoms with Gasteiger partial charge in [0.25, 0.3) is 0 Å². The highest BCUT2D eigenvalue weighted by atomic mass is 16.5. The maximum atomic E-state index is 6.06. The third-order valence-electron chi connectivity index (χ3n) is 3.73. The molecule has 0 aliphatic carbocycles. The largest absolute Gasteiger partial charge is 0.497 e. The molecule has 5 nitrogen and oxygen atoms in total. The van der Waals surface area contributed by atoms with Gasteiger partial charge in [-0.25, -0.2) is 4.98 Å². The number of fused-ring (bicyclic) bond motifs is 1. The van der Waals surface area contributed by atoms with E-state index in [1.165, 1.54) is 0 Å². The van der Waals surface area contributed by atoms with E-state index in [9.17, 15) is 0 Å². The van der Waals surface area contributed by atoms with Gasteiger partial charge < -0.3 is 19.8 Å². The predicted molar refractivity (Wildman–Crippen MR) is 90.8 cm³/mol. The second kappa shape index (κ2) is 6.71. The summed E-state index contributed by atoms with van der Waals surface area (Å²) in [5.74, 6) is 2.51. The zero-order valence-electron chi connectivity index (χ0n) is 13.4. The zero-order valence-corrected chi connectivity index (χ0v) is 13.4. The Kier molecular flexibility index (Phi) is 4.48. The lowest BCUT2D eigenvalue weighted by molar-refractivity contribution is 0.297. The van der Waals surface area contributed by atoms with Gasteiger partial charge in [-0.3, -0.25) is 0 Å². The summed E-state index contributed by atoms with van der Waals surface area (Å²) in [5, 5.41) is 0. The summed E-state index contributed by atoms with van der Waals surface area (Å²) < 4.78 is 13.1. The van der Waals surface area contributed by atoms with Crippen molar-refractivity contribution in [1.29, 1.82) is 0 Å². The van der Waals surface area contributed by atoms with Crippen LogP contribution in [0.3, 0.4) is 0 Å². The van der Waals surface area contributed by atoms with Gasteiger partial charge in [-0.1, -0.05) is 12.1 Å². The fourth-order valence-electron chi connectivity index (χ4n) is 2.60. The summed E-state index contributed by atoms with van der Waals surface area (Å²) >= 11 is 0. The molecule has 2 N–H and O–H groups in total. The molecule has 3 aromatic rings. The lowest BCUT2D eigenvalue weighted by atomic mass is 10.3. The van der Waals surface area contributed by atoms with Crippen molar-refractivity contribution in [1.82, 2.24) is 9.55 Å². The van der Waals surface area contributed by atoms with Crippen molar-refractivity contribution >= 4 is 11.0 Å². The smallest absolute Gasteiger partial charge is 0.126 e. The number of nitrogens with zero attached hydrogens (tertiary/aromatic N) is 2. The maximum Gasteiger partial charge on any atom is 0.126 e. The first-order valence-corrected chi connectivity index (χ1v) is 7.66. The van der Waals surface area contributed by atoms with Crippen molar-refractivity contribution in [2.45, 2.75) is 19.5 Å². The molecule has 3 rings (SSSR count). The standard InChI is InChI=1S/C18H21N3O2/c1-13(19)18-20-16-5-3-4-6-17(16)21(18)11-12-23-15-9-7-14(22-2)8-10-15/h3-10,13H,11-12,19H2,1-2H3. The van der Waals surface area contributed by atoms with Crippen LogP contribution in [0.25, 0.3) is 11.0 Å². The van der Waals surface area contributed by atoms with Crippen LogP contribution < -0.4 is 15.2 Å². The van der Waals surface area contributed by atoms with Crippen LogP contribution in [0.2, 0.25) is 0 Å². The number of para-hydroxylation sites is 2. The van der Waals surface area contributed by atoms with Crippen molar-refractivity contribution in [3.05, 3.63) is 54.4 Å². The third-order valence-corrected chi connectivity index (χ3v) is 3.73. The Labute approximate surface area is 135 Å². The highest BCUT2D eigenvalue weighted by Gasteiger charge is 2.13. The van der Waals surface area contributed by atoms with E-state index in [0.29, 0.717) is 13.2 Å². The highest BCUT2D eigenvalue weighted by Crippen LogP contribution is 2.20. The van der Waals surface area contributed by atoms with Gasteiger partial charge in [0.05, 0.1) is 30.7 Å². The summed E-state index contributed by atoms with van der Waals surface area (Å²) in [6, 6.07) is 15.5. The molecular formula is C18H21N3O2. The second-order valence-corrected chi connectivity index (χ2v) is 5.42. The van der Waals surface area contributed by atoms with Crippen LogP contribution in [0.15, 0.2) is 48.5 Å². The average Bonchev–Trinajstić information content (AvgIpc) is 2.95. The lowest BCUT2D eigenvalue weighted by Gasteiger charge is -2.12.